The zero-order valence-corrected chi connectivity index (χ0v) is 20.9. The van der Waals surface area contributed by atoms with Crippen molar-refractivity contribution < 1.29 is 9.00 Å². The smallest absolute Gasteiger partial charge is 0.241 e. The van der Waals surface area contributed by atoms with Crippen molar-refractivity contribution in [3.05, 3.63) is 65.7 Å². The lowest BCUT2D eigenvalue weighted by molar-refractivity contribution is -0.139. The molecule has 0 radical (unpaired) electrons. The first-order valence-corrected chi connectivity index (χ1v) is 13.7. The van der Waals surface area contributed by atoms with Crippen LogP contribution in [0.4, 0.5) is 0 Å². The summed E-state index contributed by atoms with van der Waals surface area (Å²) >= 11 is 0. The van der Waals surface area contributed by atoms with Crippen molar-refractivity contribution in [1.82, 2.24) is 9.21 Å². The molecule has 1 unspecified atom stereocenters. The van der Waals surface area contributed by atoms with Gasteiger partial charge in [0, 0.05) is 19.1 Å². The highest BCUT2D eigenvalue weighted by Gasteiger charge is 2.42. The average molecular weight is 468 g/mol. The van der Waals surface area contributed by atoms with E-state index in [-0.39, 0.29) is 11.9 Å². The first kappa shape index (κ1) is 24.0. The Morgan fingerprint density at radius 1 is 1.06 bits per heavy atom. The SMILES string of the molecule is Cc1ccc(S(=N)(=O)N2CCC[C@H]2C(=O)N(Cc2ccccc2)C2CCC(C)(C)CC2)cc1. The van der Waals surface area contributed by atoms with E-state index in [0.29, 0.717) is 29.8 Å². The highest BCUT2D eigenvalue weighted by Crippen LogP contribution is 2.38. The lowest BCUT2D eigenvalue weighted by Gasteiger charge is -2.42. The number of hydrogen-bond acceptors (Lipinski definition) is 3. The summed E-state index contributed by atoms with van der Waals surface area (Å²) in [7, 11) is -3.22. The number of benzene rings is 2. The maximum Gasteiger partial charge on any atom is 0.241 e. The Morgan fingerprint density at radius 3 is 2.33 bits per heavy atom. The fourth-order valence-electron chi connectivity index (χ4n) is 5.21. The largest absolute Gasteiger partial charge is 0.334 e. The van der Waals surface area contributed by atoms with Gasteiger partial charge in [-0.25, -0.2) is 13.3 Å². The zero-order valence-electron chi connectivity index (χ0n) is 20.1. The van der Waals surface area contributed by atoms with Crippen molar-refractivity contribution >= 4 is 15.8 Å². The van der Waals surface area contributed by atoms with Crippen LogP contribution in [0.1, 0.15) is 63.5 Å². The quantitative estimate of drug-likeness (QED) is 0.585. The van der Waals surface area contributed by atoms with E-state index in [1.807, 2.05) is 42.2 Å². The average Bonchev–Trinajstić information content (AvgIpc) is 3.29. The predicted molar refractivity (Wildman–Crippen MR) is 133 cm³/mol. The van der Waals surface area contributed by atoms with Crippen LogP contribution in [0.3, 0.4) is 0 Å². The molecule has 1 saturated heterocycles. The van der Waals surface area contributed by atoms with Gasteiger partial charge in [0.1, 0.15) is 16.0 Å². The second kappa shape index (κ2) is 9.59. The standard InChI is InChI=1S/C27H37N3O2S/c1-21-11-13-24(14-12-21)33(28,32)30-19-7-10-25(30)26(31)29(20-22-8-5-4-6-9-22)23-15-17-27(2,3)18-16-23/h4-6,8-9,11-14,23,25,28H,7,10,15-20H2,1-3H3/t25-,33?/m0/s1. The van der Waals surface area contributed by atoms with E-state index >= 15 is 0 Å². The Hall–Kier alpha value is -2.18. The van der Waals surface area contributed by atoms with Gasteiger partial charge in [-0.3, -0.25) is 4.79 Å². The minimum atomic E-state index is -3.22. The van der Waals surface area contributed by atoms with Gasteiger partial charge in [0.05, 0.1) is 4.90 Å². The van der Waals surface area contributed by atoms with Gasteiger partial charge in [-0.15, -0.1) is 0 Å². The number of hydrogen-bond donors (Lipinski definition) is 1. The highest BCUT2D eigenvalue weighted by molar-refractivity contribution is 7.90. The van der Waals surface area contributed by atoms with Crippen LogP contribution in [0.5, 0.6) is 0 Å². The van der Waals surface area contributed by atoms with Crippen molar-refractivity contribution in [3.63, 3.8) is 0 Å². The molecule has 2 atom stereocenters. The summed E-state index contributed by atoms with van der Waals surface area (Å²) in [6.07, 6.45) is 5.63. The molecule has 1 amide bonds. The lowest BCUT2D eigenvalue weighted by atomic mass is 9.75. The molecule has 1 aliphatic heterocycles. The molecule has 1 heterocycles. The lowest BCUT2D eigenvalue weighted by Crippen LogP contribution is -2.51. The second-order valence-electron chi connectivity index (χ2n) is 10.5. The molecule has 0 spiro atoms. The summed E-state index contributed by atoms with van der Waals surface area (Å²) in [5, 5.41) is 0. The predicted octanol–water partition coefficient (Wildman–Crippen LogP) is 5.78. The Bertz CT molecular complexity index is 1050. The summed E-state index contributed by atoms with van der Waals surface area (Å²) in [6, 6.07) is 17.2. The van der Waals surface area contributed by atoms with E-state index in [0.717, 1.165) is 43.2 Å². The summed E-state index contributed by atoms with van der Waals surface area (Å²) in [5.41, 5.74) is 2.50. The van der Waals surface area contributed by atoms with Crippen molar-refractivity contribution in [1.29, 1.82) is 4.78 Å². The maximum atomic E-state index is 14.0. The van der Waals surface area contributed by atoms with Gasteiger partial charge in [-0.1, -0.05) is 61.9 Å². The summed E-state index contributed by atoms with van der Waals surface area (Å²) in [5.74, 6) is 0.0353. The summed E-state index contributed by atoms with van der Waals surface area (Å²) in [4.78, 5) is 16.6. The number of aryl methyl sites for hydroxylation is 1. The normalized spacial score (nSPS) is 23.2. The van der Waals surface area contributed by atoms with E-state index in [1.54, 1.807) is 16.4 Å². The molecule has 2 aliphatic rings. The fraction of sp³-hybridized carbons (Fsp3) is 0.519. The first-order chi connectivity index (χ1) is 15.7. The van der Waals surface area contributed by atoms with Crippen molar-refractivity contribution in [2.24, 2.45) is 5.41 Å². The third-order valence-corrected chi connectivity index (χ3v) is 9.40. The van der Waals surface area contributed by atoms with Crippen LogP contribution in [0.25, 0.3) is 0 Å². The molecule has 4 rings (SSSR count). The fourth-order valence-corrected chi connectivity index (χ4v) is 6.92. The van der Waals surface area contributed by atoms with E-state index in [9.17, 15) is 9.00 Å². The molecule has 1 N–H and O–H groups in total. The van der Waals surface area contributed by atoms with E-state index in [1.165, 1.54) is 0 Å². The van der Waals surface area contributed by atoms with Crippen molar-refractivity contribution in [3.8, 4) is 0 Å². The van der Waals surface area contributed by atoms with Gasteiger partial charge in [0.25, 0.3) is 0 Å². The number of carbonyl (C=O) groups excluding carboxylic acids is 1. The topological polar surface area (TPSA) is 64.5 Å². The van der Waals surface area contributed by atoms with Gasteiger partial charge < -0.3 is 4.90 Å². The molecule has 6 heteroatoms. The molecular weight excluding hydrogens is 430 g/mol. The third-order valence-electron chi connectivity index (χ3n) is 7.39. The molecule has 1 aliphatic carbocycles. The Labute approximate surface area is 199 Å². The molecule has 0 aromatic heterocycles. The number of rotatable bonds is 6. The van der Waals surface area contributed by atoms with Crippen LogP contribution < -0.4 is 0 Å². The molecule has 0 bridgehead atoms. The second-order valence-corrected chi connectivity index (χ2v) is 12.5. The van der Waals surface area contributed by atoms with Crippen molar-refractivity contribution in [2.45, 2.75) is 82.8 Å². The highest BCUT2D eigenvalue weighted by atomic mass is 32.2. The van der Waals surface area contributed by atoms with Crippen LogP contribution in [-0.4, -0.2) is 37.9 Å². The summed E-state index contributed by atoms with van der Waals surface area (Å²) < 4.78 is 24.2. The molecular formula is C27H37N3O2S. The van der Waals surface area contributed by atoms with Crippen LogP contribution in [0, 0.1) is 17.1 Å². The van der Waals surface area contributed by atoms with Gasteiger partial charge in [-0.2, -0.15) is 0 Å². The molecule has 5 nitrogen and oxygen atoms in total. The Balaban J connectivity index is 1.61. The monoisotopic (exact) mass is 467 g/mol. The number of amides is 1. The molecule has 2 aromatic rings. The van der Waals surface area contributed by atoms with Crippen LogP contribution in [0.15, 0.2) is 59.5 Å². The van der Waals surface area contributed by atoms with Crippen LogP contribution in [-0.2, 0) is 21.3 Å². The van der Waals surface area contributed by atoms with Gasteiger partial charge >= 0.3 is 0 Å². The molecule has 2 aromatic carbocycles. The van der Waals surface area contributed by atoms with E-state index in [2.05, 4.69) is 26.0 Å². The third kappa shape index (κ3) is 5.33. The number of nitrogens with zero attached hydrogens (tertiary/aromatic N) is 2. The van der Waals surface area contributed by atoms with Crippen LogP contribution >= 0.6 is 0 Å². The minimum Gasteiger partial charge on any atom is -0.334 e. The Kier molecular flexibility index (Phi) is 6.96. The molecule has 2 fully saturated rings. The van der Waals surface area contributed by atoms with Crippen LogP contribution in [0.2, 0.25) is 0 Å². The molecule has 33 heavy (non-hydrogen) atoms. The zero-order chi connectivity index (χ0) is 23.6. The first-order valence-electron chi connectivity index (χ1n) is 12.1. The Morgan fingerprint density at radius 2 is 1.70 bits per heavy atom. The van der Waals surface area contributed by atoms with Gasteiger partial charge in [-0.05, 0) is 68.6 Å². The van der Waals surface area contributed by atoms with E-state index in [4.69, 9.17) is 4.78 Å². The number of nitrogens with one attached hydrogen (secondary N) is 1. The molecule has 178 valence electrons. The number of carbonyl (C=O) groups is 1. The maximum absolute atomic E-state index is 14.0. The minimum absolute atomic E-state index is 0.0353. The van der Waals surface area contributed by atoms with Crippen molar-refractivity contribution in [2.75, 3.05) is 6.54 Å². The van der Waals surface area contributed by atoms with Gasteiger partial charge in [0.15, 0.2) is 0 Å². The summed E-state index contributed by atoms with van der Waals surface area (Å²) in [6.45, 7) is 7.68. The van der Waals surface area contributed by atoms with E-state index < -0.39 is 16.0 Å². The van der Waals surface area contributed by atoms with Gasteiger partial charge in [0.2, 0.25) is 5.91 Å². The molecule has 1 saturated carbocycles.